The van der Waals surface area contributed by atoms with Crippen molar-refractivity contribution in [2.24, 2.45) is 0 Å². The molecule has 0 aliphatic carbocycles. The fourth-order valence-electron chi connectivity index (χ4n) is 3.09. The standard InChI is InChI=1S/C17H19FN6O/c1-24-6-4-11(5-7-24)20-17-19-9-12-15(23-17)21-13-3-2-10(18)8-14(13)22-16(12)25/h2-3,8-9,11H,4-7H2,1H3,(H,22,25)(H2,19,20,21,23). The Morgan fingerprint density at radius 1 is 1.24 bits per heavy atom. The zero-order valence-electron chi connectivity index (χ0n) is 13.8. The molecule has 7 nitrogen and oxygen atoms in total. The maximum absolute atomic E-state index is 13.4. The van der Waals surface area contributed by atoms with Crippen molar-refractivity contribution in [1.82, 2.24) is 14.9 Å². The number of hydrogen-bond donors (Lipinski definition) is 3. The number of halogens is 1. The van der Waals surface area contributed by atoms with E-state index in [-0.39, 0.29) is 5.91 Å². The zero-order valence-corrected chi connectivity index (χ0v) is 13.8. The van der Waals surface area contributed by atoms with Crippen LogP contribution in [0.4, 0.5) is 27.5 Å². The topological polar surface area (TPSA) is 82.2 Å². The van der Waals surface area contributed by atoms with Gasteiger partial charge in [0.2, 0.25) is 5.95 Å². The van der Waals surface area contributed by atoms with Crippen LogP contribution < -0.4 is 16.0 Å². The number of anilines is 4. The lowest BCUT2D eigenvalue weighted by molar-refractivity contribution is 0.102. The molecule has 25 heavy (non-hydrogen) atoms. The minimum Gasteiger partial charge on any atom is -0.351 e. The first-order valence-corrected chi connectivity index (χ1v) is 8.28. The van der Waals surface area contributed by atoms with E-state index in [2.05, 4.69) is 37.9 Å². The van der Waals surface area contributed by atoms with Gasteiger partial charge in [-0.15, -0.1) is 0 Å². The minimum atomic E-state index is -0.414. The first-order valence-electron chi connectivity index (χ1n) is 8.28. The summed E-state index contributed by atoms with van der Waals surface area (Å²) in [7, 11) is 2.11. The summed E-state index contributed by atoms with van der Waals surface area (Å²) in [4.78, 5) is 23.4. The molecule has 0 unspecified atom stereocenters. The van der Waals surface area contributed by atoms with E-state index < -0.39 is 5.82 Å². The Morgan fingerprint density at radius 2 is 2.04 bits per heavy atom. The second-order valence-electron chi connectivity index (χ2n) is 6.45. The number of nitrogens with zero attached hydrogens (tertiary/aromatic N) is 3. The van der Waals surface area contributed by atoms with Crippen LogP contribution in [0.25, 0.3) is 0 Å². The third-order valence-corrected chi connectivity index (χ3v) is 4.57. The van der Waals surface area contributed by atoms with Crippen molar-refractivity contribution in [2.75, 3.05) is 36.1 Å². The SMILES string of the molecule is CN1CCC(Nc2ncc3c(n2)Nc2ccc(F)cc2NC3=O)CC1. The van der Waals surface area contributed by atoms with Crippen LogP contribution >= 0.6 is 0 Å². The molecule has 0 saturated carbocycles. The number of rotatable bonds is 2. The molecule has 2 aliphatic rings. The van der Waals surface area contributed by atoms with E-state index in [1.54, 1.807) is 6.07 Å². The number of fused-ring (bicyclic) bond motifs is 2. The highest BCUT2D eigenvalue weighted by Gasteiger charge is 2.23. The number of hydrogen-bond acceptors (Lipinski definition) is 6. The number of carbonyl (C=O) groups is 1. The average molecular weight is 342 g/mol. The number of aromatic nitrogens is 2. The van der Waals surface area contributed by atoms with Gasteiger partial charge in [-0.25, -0.2) is 9.37 Å². The highest BCUT2D eigenvalue weighted by molar-refractivity contribution is 6.11. The van der Waals surface area contributed by atoms with Gasteiger partial charge in [0.25, 0.3) is 5.91 Å². The summed E-state index contributed by atoms with van der Waals surface area (Å²) >= 11 is 0. The summed E-state index contributed by atoms with van der Waals surface area (Å²) in [6.07, 6.45) is 3.53. The lowest BCUT2D eigenvalue weighted by Gasteiger charge is -2.29. The second-order valence-corrected chi connectivity index (χ2v) is 6.45. The number of carbonyl (C=O) groups excluding carboxylic acids is 1. The molecule has 0 radical (unpaired) electrons. The van der Waals surface area contributed by atoms with Crippen molar-refractivity contribution in [3.63, 3.8) is 0 Å². The monoisotopic (exact) mass is 342 g/mol. The maximum atomic E-state index is 13.4. The molecular formula is C17H19FN6O. The second kappa shape index (κ2) is 6.29. The van der Waals surface area contributed by atoms with Gasteiger partial charge >= 0.3 is 0 Å². The van der Waals surface area contributed by atoms with Crippen LogP contribution in [-0.2, 0) is 0 Å². The Morgan fingerprint density at radius 3 is 2.84 bits per heavy atom. The van der Waals surface area contributed by atoms with Crippen LogP contribution in [0.2, 0.25) is 0 Å². The fraction of sp³-hybridized carbons (Fsp3) is 0.353. The number of likely N-dealkylation sites (tertiary alicyclic amines) is 1. The summed E-state index contributed by atoms with van der Waals surface area (Å²) in [5, 5.41) is 9.11. The summed E-state index contributed by atoms with van der Waals surface area (Å²) in [5.74, 6) is 0.118. The van der Waals surface area contributed by atoms with E-state index in [1.807, 2.05) is 0 Å². The van der Waals surface area contributed by atoms with Crippen molar-refractivity contribution < 1.29 is 9.18 Å². The molecule has 1 aromatic heterocycles. The van der Waals surface area contributed by atoms with E-state index in [0.29, 0.717) is 34.7 Å². The number of benzene rings is 1. The number of nitrogens with one attached hydrogen (secondary N) is 3. The summed E-state index contributed by atoms with van der Waals surface area (Å²) in [6, 6.07) is 4.50. The molecular weight excluding hydrogens is 323 g/mol. The molecule has 1 amide bonds. The van der Waals surface area contributed by atoms with E-state index in [0.717, 1.165) is 25.9 Å². The summed E-state index contributed by atoms with van der Waals surface area (Å²) in [6.45, 7) is 2.06. The largest absolute Gasteiger partial charge is 0.351 e. The Hall–Kier alpha value is -2.74. The number of amides is 1. The van der Waals surface area contributed by atoms with E-state index >= 15 is 0 Å². The van der Waals surface area contributed by atoms with Gasteiger partial charge in [0.1, 0.15) is 17.2 Å². The molecule has 3 N–H and O–H groups in total. The van der Waals surface area contributed by atoms with Crippen LogP contribution in [0.15, 0.2) is 24.4 Å². The first kappa shape index (κ1) is 15.8. The molecule has 130 valence electrons. The molecule has 8 heteroatoms. The molecule has 2 aromatic rings. The Balaban J connectivity index is 1.59. The van der Waals surface area contributed by atoms with Gasteiger partial charge in [0.15, 0.2) is 0 Å². The average Bonchev–Trinajstić information content (AvgIpc) is 2.72. The van der Waals surface area contributed by atoms with Crippen molar-refractivity contribution >= 4 is 29.0 Å². The van der Waals surface area contributed by atoms with Crippen LogP contribution in [0, 0.1) is 5.82 Å². The molecule has 1 fully saturated rings. The highest BCUT2D eigenvalue weighted by atomic mass is 19.1. The lowest BCUT2D eigenvalue weighted by Crippen LogP contribution is -2.37. The summed E-state index contributed by atoms with van der Waals surface area (Å²) < 4.78 is 13.4. The molecule has 0 spiro atoms. The van der Waals surface area contributed by atoms with E-state index in [9.17, 15) is 9.18 Å². The van der Waals surface area contributed by atoms with Gasteiger partial charge in [-0.05, 0) is 51.2 Å². The third-order valence-electron chi connectivity index (χ3n) is 4.57. The lowest BCUT2D eigenvalue weighted by atomic mass is 10.1. The fourth-order valence-corrected chi connectivity index (χ4v) is 3.09. The predicted octanol–water partition coefficient (Wildman–Crippen LogP) is 2.43. The van der Waals surface area contributed by atoms with Gasteiger partial charge < -0.3 is 20.9 Å². The van der Waals surface area contributed by atoms with Gasteiger partial charge in [-0.1, -0.05) is 0 Å². The van der Waals surface area contributed by atoms with Crippen molar-refractivity contribution in [1.29, 1.82) is 0 Å². The normalized spacial score (nSPS) is 17.8. The Kier molecular flexibility index (Phi) is 3.96. The van der Waals surface area contributed by atoms with Crippen LogP contribution in [0.5, 0.6) is 0 Å². The quantitative estimate of drug-likeness (QED) is 0.778. The van der Waals surface area contributed by atoms with Gasteiger partial charge in [0.05, 0.1) is 11.4 Å². The highest BCUT2D eigenvalue weighted by Crippen LogP contribution is 2.31. The maximum Gasteiger partial charge on any atom is 0.261 e. The molecule has 2 aliphatic heterocycles. The zero-order chi connectivity index (χ0) is 17.4. The number of piperidine rings is 1. The van der Waals surface area contributed by atoms with Gasteiger partial charge in [0, 0.05) is 12.2 Å². The van der Waals surface area contributed by atoms with Crippen LogP contribution in [0.1, 0.15) is 23.2 Å². The molecule has 0 bridgehead atoms. The van der Waals surface area contributed by atoms with Crippen LogP contribution in [0.3, 0.4) is 0 Å². The van der Waals surface area contributed by atoms with E-state index in [1.165, 1.54) is 18.3 Å². The molecule has 0 atom stereocenters. The van der Waals surface area contributed by atoms with Gasteiger partial charge in [-0.3, -0.25) is 4.79 Å². The predicted molar refractivity (Wildman–Crippen MR) is 93.8 cm³/mol. The molecule has 3 heterocycles. The summed E-state index contributed by atoms with van der Waals surface area (Å²) in [5.41, 5.74) is 1.30. The van der Waals surface area contributed by atoms with Gasteiger partial charge in [-0.2, -0.15) is 4.98 Å². The van der Waals surface area contributed by atoms with Crippen LogP contribution in [-0.4, -0.2) is 47.0 Å². The molecule has 1 saturated heterocycles. The third kappa shape index (κ3) is 3.25. The Labute approximate surface area is 144 Å². The van der Waals surface area contributed by atoms with Crippen molar-refractivity contribution in [2.45, 2.75) is 18.9 Å². The van der Waals surface area contributed by atoms with Crippen molar-refractivity contribution in [3.05, 3.63) is 35.8 Å². The van der Waals surface area contributed by atoms with Crippen molar-refractivity contribution in [3.8, 4) is 0 Å². The smallest absolute Gasteiger partial charge is 0.261 e. The minimum absolute atomic E-state index is 0.315. The Bertz CT molecular complexity index is 819. The molecule has 1 aromatic carbocycles. The molecule has 4 rings (SSSR count). The van der Waals surface area contributed by atoms with E-state index in [4.69, 9.17) is 0 Å². The first-order chi connectivity index (χ1) is 12.1.